The summed E-state index contributed by atoms with van der Waals surface area (Å²) in [6.07, 6.45) is -0.0212. The lowest BCUT2D eigenvalue weighted by Crippen LogP contribution is -2.46. The zero-order valence-corrected chi connectivity index (χ0v) is 19.5. The Kier molecular flexibility index (Phi) is 7.08. The molecule has 174 valence electrons. The minimum Gasteiger partial charge on any atom is -0.492 e. The van der Waals surface area contributed by atoms with Crippen LogP contribution in [0.3, 0.4) is 0 Å². The lowest BCUT2D eigenvalue weighted by Gasteiger charge is -2.32. The van der Waals surface area contributed by atoms with Crippen molar-refractivity contribution in [3.63, 3.8) is 0 Å². The van der Waals surface area contributed by atoms with Gasteiger partial charge in [0.25, 0.3) is 0 Å². The molecule has 9 heteroatoms. The molecule has 0 saturated carbocycles. The molecule has 3 N–H and O–H groups in total. The van der Waals surface area contributed by atoms with Crippen LogP contribution in [-0.2, 0) is 17.9 Å². The van der Waals surface area contributed by atoms with Crippen LogP contribution in [0, 0.1) is 0 Å². The Bertz CT molecular complexity index is 1100. The molecule has 32 heavy (non-hydrogen) atoms. The standard InChI is InChI=1S/C23H33N5O4/c1-6-10-27-18(14-31-7-2)26-19-20(27)16-9-8-15(13-17(16)25-21(19)24)32-12-11-28(22(29)30)23(3,4)5/h8-9,13H,6-7,10-12,14H2,1-5H3,(H2,24,25)(H,29,30). The number of benzene rings is 1. The quantitative estimate of drug-likeness (QED) is 0.507. The van der Waals surface area contributed by atoms with Gasteiger partial charge in [-0.2, -0.15) is 0 Å². The highest BCUT2D eigenvalue weighted by molar-refractivity contribution is 6.06. The van der Waals surface area contributed by atoms with Crippen LogP contribution in [0.5, 0.6) is 5.75 Å². The van der Waals surface area contributed by atoms with Gasteiger partial charge in [0.1, 0.15) is 30.3 Å². The molecule has 0 bridgehead atoms. The third-order valence-electron chi connectivity index (χ3n) is 5.26. The van der Waals surface area contributed by atoms with Crippen LogP contribution < -0.4 is 10.5 Å². The molecule has 1 aromatic carbocycles. The third-order valence-corrected chi connectivity index (χ3v) is 5.26. The first-order chi connectivity index (χ1) is 15.2. The van der Waals surface area contributed by atoms with Crippen LogP contribution in [-0.4, -0.2) is 55.9 Å². The number of hydrogen-bond acceptors (Lipinski definition) is 6. The maximum Gasteiger partial charge on any atom is 0.407 e. The predicted molar refractivity (Wildman–Crippen MR) is 125 cm³/mol. The van der Waals surface area contributed by atoms with E-state index in [0.717, 1.165) is 29.7 Å². The molecule has 3 rings (SSSR count). The molecule has 0 aliphatic heterocycles. The SMILES string of the molecule is CCCn1c(COCC)nc2c(N)nc3cc(OCCN(C(=O)O)C(C)(C)C)ccc3c21. The van der Waals surface area contributed by atoms with E-state index in [0.29, 0.717) is 35.8 Å². The zero-order valence-electron chi connectivity index (χ0n) is 19.5. The summed E-state index contributed by atoms with van der Waals surface area (Å²) in [5.41, 5.74) is 8.09. The van der Waals surface area contributed by atoms with Gasteiger partial charge in [-0.05, 0) is 46.2 Å². The molecule has 9 nitrogen and oxygen atoms in total. The Hall–Kier alpha value is -3.07. The van der Waals surface area contributed by atoms with Gasteiger partial charge in [0.15, 0.2) is 5.82 Å². The molecule has 2 aromatic heterocycles. The summed E-state index contributed by atoms with van der Waals surface area (Å²) >= 11 is 0. The Morgan fingerprint density at radius 3 is 2.62 bits per heavy atom. The number of amides is 1. The van der Waals surface area contributed by atoms with Crippen molar-refractivity contribution < 1.29 is 19.4 Å². The third kappa shape index (κ3) is 4.88. The number of nitrogen functional groups attached to an aromatic ring is 1. The van der Waals surface area contributed by atoms with Gasteiger partial charge in [-0.3, -0.25) is 0 Å². The van der Waals surface area contributed by atoms with Crippen molar-refractivity contribution in [3.05, 3.63) is 24.0 Å². The van der Waals surface area contributed by atoms with Crippen molar-refractivity contribution in [2.24, 2.45) is 0 Å². The maximum atomic E-state index is 11.5. The van der Waals surface area contributed by atoms with Crippen molar-refractivity contribution in [1.29, 1.82) is 0 Å². The van der Waals surface area contributed by atoms with E-state index in [-0.39, 0.29) is 13.2 Å². The Morgan fingerprint density at radius 2 is 2.00 bits per heavy atom. The van der Waals surface area contributed by atoms with Crippen LogP contribution in [0.4, 0.5) is 10.6 Å². The van der Waals surface area contributed by atoms with E-state index >= 15 is 0 Å². The zero-order chi connectivity index (χ0) is 23.5. The number of nitrogens with two attached hydrogens (primary N) is 1. The van der Waals surface area contributed by atoms with Crippen molar-refractivity contribution in [2.45, 2.75) is 59.7 Å². The predicted octanol–water partition coefficient (Wildman–Crippen LogP) is 4.27. The van der Waals surface area contributed by atoms with Crippen LogP contribution in [0.25, 0.3) is 21.9 Å². The summed E-state index contributed by atoms with van der Waals surface area (Å²) in [6.45, 7) is 12.0. The number of anilines is 1. The Labute approximate surface area is 188 Å². The molecular weight excluding hydrogens is 410 g/mol. The average molecular weight is 444 g/mol. The van der Waals surface area contributed by atoms with E-state index in [1.807, 2.05) is 45.9 Å². The number of hydrogen-bond donors (Lipinski definition) is 2. The monoisotopic (exact) mass is 443 g/mol. The van der Waals surface area contributed by atoms with Crippen LogP contribution in [0.2, 0.25) is 0 Å². The van der Waals surface area contributed by atoms with E-state index in [4.69, 9.17) is 20.2 Å². The van der Waals surface area contributed by atoms with Crippen LogP contribution >= 0.6 is 0 Å². The summed E-state index contributed by atoms with van der Waals surface area (Å²) in [4.78, 5) is 22.1. The molecule has 0 spiro atoms. The average Bonchev–Trinajstić information content (AvgIpc) is 3.08. The molecule has 2 heterocycles. The number of nitrogens with zero attached hydrogens (tertiary/aromatic N) is 4. The molecule has 0 aliphatic rings. The molecule has 1 amide bonds. The highest BCUT2D eigenvalue weighted by Crippen LogP contribution is 2.31. The number of carboxylic acid groups (broad SMARTS) is 1. The Balaban J connectivity index is 1.92. The molecule has 0 saturated heterocycles. The second-order valence-corrected chi connectivity index (χ2v) is 8.64. The van der Waals surface area contributed by atoms with E-state index < -0.39 is 11.6 Å². The number of aryl methyl sites for hydroxylation is 1. The molecular formula is C23H33N5O4. The van der Waals surface area contributed by atoms with Gasteiger partial charge >= 0.3 is 6.09 Å². The highest BCUT2D eigenvalue weighted by Gasteiger charge is 2.25. The van der Waals surface area contributed by atoms with Crippen molar-refractivity contribution in [2.75, 3.05) is 25.5 Å². The first kappa shape index (κ1) is 23.6. The fraction of sp³-hybridized carbons (Fsp3) is 0.522. The number of imidazole rings is 1. The van der Waals surface area contributed by atoms with Gasteiger partial charge in [0.05, 0.1) is 17.6 Å². The molecule has 3 aromatic rings. The number of ether oxygens (including phenoxy) is 2. The summed E-state index contributed by atoms with van der Waals surface area (Å²) < 4.78 is 13.6. The molecule has 0 atom stereocenters. The largest absolute Gasteiger partial charge is 0.492 e. The second-order valence-electron chi connectivity index (χ2n) is 8.64. The minimum atomic E-state index is -0.969. The maximum absolute atomic E-state index is 11.5. The van der Waals surface area contributed by atoms with Gasteiger partial charge in [0, 0.05) is 30.1 Å². The van der Waals surface area contributed by atoms with E-state index in [9.17, 15) is 9.90 Å². The minimum absolute atomic E-state index is 0.235. The number of carbonyl (C=O) groups is 1. The van der Waals surface area contributed by atoms with Gasteiger partial charge in [0.2, 0.25) is 0 Å². The lowest BCUT2D eigenvalue weighted by atomic mass is 10.1. The van der Waals surface area contributed by atoms with E-state index in [1.54, 1.807) is 0 Å². The van der Waals surface area contributed by atoms with E-state index in [2.05, 4.69) is 16.5 Å². The summed E-state index contributed by atoms with van der Waals surface area (Å²) in [5, 5.41) is 10.4. The number of rotatable bonds is 9. The normalized spacial score (nSPS) is 11.9. The number of fused-ring (bicyclic) bond motifs is 3. The first-order valence-electron chi connectivity index (χ1n) is 11.0. The van der Waals surface area contributed by atoms with Crippen molar-refractivity contribution in [1.82, 2.24) is 19.4 Å². The van der Waals surface area contributed by atoms with Gasteiger partial charge in [-0.25, -0.2) is 14.8 Å². The van der Waals surface area contributed by atoms with Crippen molar-refractivity contribution in [3.8, 4) is 5.75 Å². The summed E-state index contributed by atoms with van der Waals surface area (Å²) in [5.74, 6) is 1.81. The smallest absolute Gasteiger partial charge is 0.407 e. The van der Waals surface area contributed by atoms with Crippen LogP contribution in [0.15, 0.2) is 18.2 Å². The second kappa shape index (κ2) is 9.60. The Morgan fingerprint density at radius 1 is 1.25 bits per heavy atom. The summed E-state index contributed by atoms with van der Waals surface area (Å²) in [7, 11) is 0. The lowest BCUT2D eigenvalue weighted by molar-refractivity contribution is 0.0892. The van der Waals surface area contributed by atoms with Crippen molar-refractivity contribution >= 4 is 33.8 Å². The molecule has 0 radical (unpaired) electrons. The van der Waals surface area contributed by atoms with Gasteiger partial charge in [-0.1, -0.05) is 6.92 Å². The molecule has 0 unspecified atom stereocenters. The molecule has 0 fully saturated rings. The topological polar surface area (TPSA) is 116 Å². The summed E-state index contributed by atoms with van der Waals surface area (Å²) in [6, 6.07) is 5.66. The first-order valence-corrected chi connectivity index (χ1v) is 11.0. The fourth-order valence-electron chi connectivity index (χ4n) is 3.77. The van der Waals surface area contributed by atoms with E-state index in [1.165, 1.54) is 4.90 Å². The number of pyridine rings is 1. The fourth-order valence-corrected chi connectivity index (χ4v) is 3.77. The highest BCUT2D eigenvalue weighted by atomic mass is 16.5. The van der Waals surface area contributed by atoms with Gasteiger partial charge in [-0.15, -0.1) is 0 Å². The van der Waals surface area contributed by atoms with Crippen LogP contribution in [0.1, 0.15) is 46.9 Å². The molecule has 0 aliphatic carbocycles. The van der Waals surface area contributed by atoms with Gasteiger partial charge < -0.3 is 29.8 Å². The number of aromatic nitrogens is 3.